The summed E-state index contributed by atoms with van der Waals surface area (Å²) in [7, 11) is 0. The van der Waals surface area contributed by atoms with Gasteiger partial charge in [-0.05, 0) is 56.3 Å². The molecule has 1 aliphatic rings. The third-order valence-corrected chi connectivity index (χ3v) is 4.15. The molecular weight excluding hydrogens is 358 g/mol. The molecule has 3 rings (SSSR count). The smallest absolute Gasteiger partial charge is 0.338 e. The minimum absolute atomic E-state index is 0.116. The van der Waals surface area contributed by atoms with Crippen LogP contribution in [0.4, 0.5) is 11.4 Å². The molecule has 28 heavy (non-hydrogen) atoms. The van der Waals surface area contributed by atoms with Crippen molar-refractivity contribution in [2.45, 2.75) is 20.3 Å². The lowest BCUT2D eigenvalue weighted by Gasteiger charge is -2.28. The number of carbonyl (C=O) groups excluding carboxylic acids is 3. The summed E-state index contributed by atoms with van der Waals surface area (Å²) in [6.45, 7) is 4.00. The zero-order valence-electron chi connectivity index (χ0n) is 15.7. The zero-order chi connectivity index (χ0) is 20.1. The summed E-state index contributed by atoms with van der Waals surface area (Å²) in [5.41, 5.74) is 5.81. The first kappa shape index (κ1) is 19.2. The number of esters is 1. The van der Waals surface area contributed by atoms with Crippen molar-refractivity contribution in [3.05, 3.63) is 71.4 Å². The van der Waals surface area contributed by atoms with Crippen LogP contribution in [0.1, 0.15) is 29.3 Å². The largest absolute Gasteiger partial charge is 0.462 e. The van der Waals surface area contributed by atoms with E-state index in [1.165, 1.54) is 5.01 Å². The molecule has 0 radical (unpaired) electrons. The second kappa shape index (κ2) is 8.39. The maximum Gasteiger partial charge on any atom is 0.338 e. The Balaban J connectivity index is 1.68. The van der Waals surface area contributed by atoms with Crippen LogP contribution in [-0.4, -0.2) is 24.4 Å². The van der Waals surface area contributed by atoms with E-state index < -0.39 is 5.97 Å². The first-order valence-electron chi connectivity index (χ1n) is 8.93. The molecule has 2 amide bonds. The Bertz CT molecular complexity index is 918. The van der Waals surface area contributed by atoms with Crippen molar-refractivity contribution < 1.29 is 19.1 Å². The molecular formula is C21H21N3O4. The number of hydrogen-bond donors (Lipinski definition) is 2. The highest BCUT2D eigenvalue weighted by atomic mass is 16.5. The molecule has 1 heterocycles. The van der Waals surface area contributed by atoms with Gasteiger partial charge in [-0.2, -0.15) is 0 Å². The standard InChI is InChI=1S/C21H21N3O4/c1-3-28-21(27)15-6-8-16(9-7-15)22-20(26)18-12-13-19(25)24(23-18)17-10-4-14(2)5-11-17/h4-12,23H,3,13H2,1-2H3,(H,22,26). The van der Waals surface area contributed by atoms with Gasteiger partial charge in [-0.15, -0.1) is 0 Å². The first-order chi connectivity index (χ1) is 13.5. The van der Waals surface area contributed by atoms with Crippen LogP contribution in [0.2, 0.25) is 0 Å². The molecule has 7 heteroatoms. The lowest BCUT2D eigenvalue weighted by Crippen LogP contribution is -2.47. The van der Waals surface area contributed by atoms with E-state index in [-0.39, 0.29) is 23.9 Å². The molecule has 0 atom stereocenters. The second-order valence-electron chi connectivity index (χ2n) is 6.25. The van der Waals surface area contributed by atoms with Gasteiger partial charge in [0.15, 0.2) is 0 Å². The molecule has 1 aliphatic heterocycles. The number of carbonyl (C=O) groups is 3. The minimum atomic E-state index is -0.413. The quantitative estimate of drug-likeness (QED) is 0.780. The monoisotopic (exact) mass is 379 g/mol. The molecule has 2 aromatic carbocycles. The van der Waals surface area contributed by atoms with Gasteiger partial charge in [-0.1, -0.05) is 17.7 Å². The summed E-state index contributed by atoms with van der Waals surface area (Å²) >= 11 is 0. The molecule has 0 aliphatic carbocycles. The van der Waals surface area contributed by atoms with E-state index in [1.54, 1.807) is 37.3 Å². The lowest BCUT2D eigenvalue weighted by molar-refractivity contribution is -0.119. The van der Waals surface area contributed by atoms with Crippen molar-refractivity contribution in [3.8, 4) is 0 Å². The van der Waals surface area contributed by atoms with Crippen molar-refractivity contribution >= 4 is 29.2 Å². The lowest BCUT2D eigenvalue weighted by atomic mass is 10.2. The Morgan fingerprint density at radius 3 is 2.43 bits per heavy atom. The van der Waals surface area contributed by atoms with E-state index >= 15 is 0 Å². The fourth-order valence-corrected chi connectivity index (χ4v) is 2.66. The predicted molar refractivity (Wildman–Crippen MR) is 106 cm³/mol. The Morgan fingerprint density at radius 1 is 1.11 bits per heavy atom. The highest BCUT2D eigenvalue weighted by Crippen LogP contribution is 2.19. The predicted octanol–water partition coefficient (Wildman–Crippen LogP) is 2.94. The highest BCUT2D eigenvalue weighted by Gasteiger charge is 2.24. The van der Waals surface area contributed by atoms with Gasteiger partial charge in [0.2, 0.25) is 5.91 Å². The highest BCUT2D eigenvalue weighted by molar-refractivity contribution is 6.07. The molecule has 0 bridgehead atoms. The number of nitrogens with one attached hydrogen (secondary N) is 2. The maximum absolute atomic E-state index is 12.6. The van der Waals surface area contributed by atoms with Gasteiger partial charge in [-0.25, -0.2) is 9.80 Å². The van der Waals surface area contributed by atoms with E-state index in [1.807, 2.05) is 31.2 Å². The number of aryl methyl sites for hydroxylation is 1. The Labute approximate surface area is 163 Å². The second-order valence-corrected chi connectivity index (χ2v) is 6.25. The molecule has 144 valence electrons. The summed E-state index contributed by atoms with van der Waals surface area (Å²) < 4.78 is 4.93. The van der Waals surface area contributed by atoms with Crippen LogP contribution in [0.3, 0.4) is 0 Å². The van der Waals surface area contributed by atoms with Gasteiger partial charge in [-0.3, -0.25) is 15.0 Å². The first-order valence-corrected chi connectivity index (χ1v) is 8.93. The minimum Gasteiger partial charge on any atom is -0.462 e. The average Bonchev–Trinajstić information content (AvgIpc) is 2.70. The van der Waals surface area contributed by atoms with Crippen LogP contribution in [0.25, 0.3) is 0 Å². The van der Waals surface area contributed by atoms with E-state index in [0.29, 0.717) is 23.5 Å². The molecule has 7 nitrogen and oxygen atoms in total. The number of benzene rings is 2. The van der Waals surface area contributed by atoms with E-state index in [2.05, 4.69) is 10.7 Å². The Morgan fingerprint density at radius 2 is 1.79 bits per heavy atom. The summed E-state index contributed by atoms with van der Waals surface area (Å²) in [5.74, 6) is -0.947. The van der Waals surface area contributed by atoms with Gasteiger partial charge < -0.3 is 10.1 Å². The molecule has 0 spiro atoms. The normalized spacial score (nSPS) is 13.4. The summed E-state index contributed by atoms with van der Waals surface area (Å²) in [6.07, 6.45) is 1.67. The number of hydrazine groups is 1. The Hall–Kier alpha value is -3.61. The van der Waals surface area contributed by atoms with E-state index in [4.69, 9.17) is 4.74 Å². The van der Waals surface area contributed by atoms with Crippen LogP contribution in [-0.2, 0) is 14.3 Å². The summed E-state index contributed by atoms with van der Waals surface area (Å²) in [4.78, 5) is 36.4. The number of anilines is 2. The maximum atomic E-state index is 12.6. The van der Waals surface area contributed by atoms with Crippen molar-refractivity contribution in [3.63, 3.8) is 0 Å². The topological polar surface area (TPSA) is 87.7 Å². The van der Waals surface area contributed by atoms with E-state index in [9.17, 15) is 14.4 Å². The van der Waals surface area contributed by atoms with Crippen molar-refractivity contribution in [2.75, 3.05) is 16.9 Å². The van der Waals surface area contributed by atoms with Crippen molar-refractivity contribution in [2.24, 2.45) is 0 Å². The van der Waals surface area contributed by atoms with E-state index in [0.717, 1.165) is 5.56 Å². The molecule has 0 unspecified atom stereocenters. The number of rotatable bonds is 5. The number of amides is 2. The van der Waals surface area contributed by atoms with Gasteiger partial charge >= 0.3 is 5.97 Å². The average molecular weight is 379 g/mol. The number of nitrogens with zero attached hydrogens (tertiary/aromatic N) is 1. The molecule has 2 N–H and O–H groups in total. The zero-order valence-corrected chi connectivity index (χ0v) is 15.7. The Kier molecular flexibility index (Phi) is 5.74. The molecule has 2 aromatic rings. The van der Waals surface area contributed by atoms with Crippen LogP contribution in [0, 0.1) is 6.92 Å². The fraction of sp³-hybridized carbons (Fsp3) is 0.190. The molecule has 0 saturated carbocycles. The third kappa shape index (κ3) is 4.37. The van der Waals surface area contributed by atoms with Crippen LogP contribution in [0.15, 0.2) is 60.3 Å². The van der Waals surface area contributed by atoms with Gasteiger partial charge in [0, 0.05) is 12.1 Å². The van der Waals surface area contributed by atoms with Crippen LogP contribution < -0.4 is 15.8 Å². The van der Waals surface area contributed by atoms with Crippen molar-refractivity contribution in [1.82, 2.24) is 5.43 Å². The van der Waals surface area contributed by atoms with Crippen molar-refractivity contribution in [1.29, 1.82) is 0 Å². The molecule has 0 aromatic heterocycles. The SMILES string of the molecule is CCOC(=O)c1ccc(NC(=O)C2=CCC(=O)N(c3ccc(C)cc3)N2)cc1. The molecule has 0 fully saturated rings. The fourth-order valence-electron chi connectivity index (χ4n) is 2.66. The van der Waals surface area contributed by atoms with Crippen LogP contribution in [0.5, 0.6) is 0 Å². The van der Waals surface area contributed by atoms with Gasteiger partial charge in [0.25, 0.3) is 5.91 Å². The summed E-state index contributed by atoms with van der Waals surface area (Å²) in [6, 6.07) is 13.8. The third-order valence-electron chi connectivity index (χ3n) is 4.15. The van der Waals surface area contributed by atoms with Gasteiger partial charge in [0.05, 0.1) is 17.9 Å². The summed E-state index contributed by atoms with van der Waals surface area (Å²) in [5, 5.41) is 4.11. The number of hydrogen-bond acceptors (Lipinski definition) is 5. The number of ether oxygens (including phenoxy) is 1. The molecule has 0 saturated heterocycles. The van der Waals surface area contributed by atoms with Crippen LogP contribution >= 0.6 is 0 Å². The van der Waals surface area contributed by atoms with Gasteiger partial charge in [0.1, 0.15) is 5.70 Å².